The van der Waals surface area contributed by atoms with Crippen LogP contribution in [-0.4, -0.2) is 11.6 Å². The maximum absolute atomic E-state index is 5.08. The lowest BCUT2D eigenvalue weighted by molar-refractivity contribution is 0.127. The van der Waals surface area contributed by atoms with Crippen LogP contribution >= 0.6 is 0 Å². The van der Waals surface area contributed by atoms with E-state index < -0.39 is 0 Å². The van der Waals surface area contributed by atoms with Gasteiger partial charge in [-0.3, -0.25) is 0 Å². The fourth-order valence-corrected chi connectivity index (χ4v) is 1.77. The number of nitrogens with one attached hydrogen (secondary N) is 1. The van der Waals surface area contributed by atoms with Crippen LogP contribution in [-0.2, 0) is 4.84 Å². The van der Waals surface area contributed by atoms with Gasteiger partial charge in [-0.05, 0) is 17.7 Å². The van der Waals surface area contributed by atoms with Crippen LogP contribution in [0.25, 0.3) is 10.9 Å². The molecule has 74 valence electrons. The molecule has 1 aromatic heterocycles. The highest BCUT2D eigenvalue weighted by Gasteiger charge is 2.09. The molecular formula is C11H14N2O. The summed E-state index contributed by atoms with van der Waals surface area (Å²) in [6, 6.07) is 8.30. The topological polar surface area (TPSA) is 51.0 Å². The summed E-state index contributed by atoms with van der Waals surface area (Å²) < 4.78 is 0. The molecule has 1 heterocycles. The molecule has 3 nitrogen and oxygen atoms in total. The van der Waals surface area contributed by atoms with E-state index in [-0.39, 0.29) is 0 Å². The first-order valence-electron chi connectivity index (χ1n) is 4.70. The molecule has 0 aliphatic carbocycles. The normalized spacial score (nSPS) is 13.3. The van der Waals surface area contributed by atoms with Gasteiger partial charge in [0.05, 0.1) is 6.61 Å². The minimum absolute atomic E-state index is 0.319. The lowest BCUT2D eigenvalue weighted by Gasteiger charge is -2.11. The van der Waals surface area contributed by atoms with Crippen LogP contribution < -0.4 is 5.90 Å². The van der Waals surface area contributed by atoms with Gasteiger partial charge in [0.2, 0.25) is 0 Å². The van der Waals surface area contributed by atoms with E-state index in [1.54, 1.807) is 0 Å². The SMILES string of the molecule is CC(CON)c1cccc2[nH]ccc12. The molecule has 1 atom stereocenters. The molecule has 0 fully saturated rings. The molecule has 1 aromatic carbocycles. The Balaban J connectivity index is 2.45. The van der Waals surface area contributed by atoms with Gasteiger partial charge in [-0.15, -0.1) is 0 Å². The lowest BCUT2D eigenvalue weighted by atomic mass is 9.98. The summed E-state index contributed by atoms with van der Waals surface area (Å²) in [6.07, 6.45) is 1.95. The van der Waals surface area contributed by atoms with E-state index in [0.29, 0.717) is 12.5 Å². The van der Waals surface area contributed by atoms with Crippen LogP contribution in [0.2, 0.25) is 0 Å². The van der Waals surface area contributed by atoms with Gasteiger partial charge in [-0.25, -0.2) is 5.90 Å². The Morgan fingerprint density at radius 2 is 2.29 bits per heavy atom. The summed E-state index contributed by atoms with van der Waals surface area (Å²) in [6.45, 7) is 2.65. The first-order valence-corrected chi connectivity index (χ1v) is 4.70. The maximum atomic E-state index is 5.08. The second kappa shape index (κ2) is 3.82. The molecule has 0 radical (unpaired) electrons. The molecule has 0 saturated carbocycles. The van der Waals surface area contributed by atoms with Crippen LogP contribution in [0.5, 0.6) is 0 Å². The third-order valence-corrected chi connectivity index (χ3v) is 2.51. The molecule has 3 N–H and O–H groups in total. The average Bonchev–Trinajstić information content (AvgIpc) is 2.65. The van der Waals surface area contributed by atoms with E-state index in [1.807, 2.05) is 12.3 Å². The Morgan fingerprint density at radius 3 is 3.07 bits per heavy atom. The second-order valence-electron chi connectivity index (χ2n) is 3.52. The van der Waals surface area contributed by atoms with Crippen molar-refractivity contribution in [3.63, 3.8) is 0 Å². The molecule has 2 aromatic rings. The zero-order valence-corrected chi connectivity index (χ0v) is 8.16. The predicted molar refractivity (Wildman–Crippen MR) is 56.9 cm³/mol. The summed E-state index contributed by atoms with van der Waals surface area (Å²) >= 11 is 0. The van der Waals surface area contributed by atoms with Gasteiger partial charge in [0.25, 0.3) is 0 Å². The second-order valence-corrected chi connectivity index (χ2v) is 3.52. The molecule has 0 bridgehead atoms. The highest BCUT2D eigenvalue weighted by atomic mass is 16.6. The minimum Gasteiger partial charge on any atom is -0.361 e. The quantitative estimate of drug-likeness (QED) is 0.729. The molecule has 14 heavy (non-hydrogen) atoms. The molecule has 1 unspecified atom stereocenters. The molecular weight excluding hydrogens is 176 g/mol. The van der Waals surface area contributed by atoms with E-state index >= 15 is 0 Å². The first-order chi connectivity index (χ1) is 6.83. The number of aromatic nitrogens is 1. The fourth-order valence-electron chi connectivity index (χ4n) is 1.77. The monoisotopic (exact) mass is 190 g/mol. The highest BCUT2D eigenvalue weighted by Crippen LogP contribution is 2.24. The minimum atomic E-state index is 0.319. The summed E-state index contributed by atoms with van der Waals surface area (Å²) in [5.41, 5.74) is 2.43. The van der Waals surface area contributed by atoms with Crippen molar-refractivity contribution in [3.8, 4) is 0 Å². The summed E-state index contributed by atoms with van der Waals surface area (Å²) in [5.74, 6) is 5.40. The number of rotatable bonds is 3. The van der Waals surface area contributed by atoms with Gasteiger partial charge in [-0.1, -0.05) is 19.1 Å². The number of hydrogen-bond donors (Lipinski definition) is 2. The van der Waals surface area contributed by atoms with Crippen LogP contribution in [0.3, 0.4) is 0 Å². The smallest absolute Gasteiger partial charge is 0.0745 e. The third kappa shape index (κ3) is 1.52. The van der Waals surface area contributed by atoms with Crippen molar-refractivity contribution < 1.29 is 4.84 Å². The summed E-state index contributed by atoms with van der Waals surface area (Å²) in [5, 5.41) is 1.25. The van der Waals surface area contributed by atoms with Crippen LogP contribution in [0.4, 0.5) is 0 Å². The zero-order valence-electron chi connectivity index (χ0n) is 8.16. The highest BCUT2D eigenvalue weighted by molar-refractivity contribution is 5.83. The Kier molecular flexibility index (Phi) is 2.52. The largest absolute Gasteiger partial charge is 0.361 e. The molecule has 0 aliphatic rings. The number of hydrogen-bond acceptors (Lipinski definition) is 2. The molecule has 0 aliphatic heterocycles. The van der Waals surface area contributed by atoms with Crippen LogP contribution in [0.15, 0.2) is 30.5 Å². The standard InChI is InChI=1S/C11H14N2O/c1-8(7-14-12)9-3-2-4-11-10(9)5-6-13-11/h2-6,8,13H,7,12H2,1H3. The zero-order chi connectivity index (χ0) is 9.97. The number of benzene rings is 1. The van der Waals surface area contributed by atoms with Crippen molar-refractivity contribution in [2.75, 3.05) is 6.61 Å². The first kappa shape index (κ1) is 9.24. The van der Waals surface area contributed by atoms with E-state index in [4.69, 9.17) is 5.90 Å². The molecule has 3 heteroatoms. The lowest BCUT2D eigenvalue weighted by Crippen LogP contribution is -2.08. The fraction of sp³-hybridized carbons (Fsp3) is 0.273. The van der Waals surface area contributed by atoms with Crippen molar-refractivity contribution in [1.29, 1.82) is 0 Å². The van der Waals surface area contributed by atoms with Crippen LogP contribution in [0.1, 0.15) is 18.4 Å². The molecule has 0 spiro atoms. The Morgan fingerprint density at radius 1 is 1.43 bits per heavy atom. The van der Waals surface area contributed by atoms with E-state index in [9.17, 15) is 0 Å². The molecule has 2 rings (SSSR count). The summed E-state index contributed by atoms with van der Waals surface area (Å²) in [7, 11) is 0. The van der Waals surface area contributed by atoms with Gasteiger partial charge in [0, 0.05) is 23.0 Å². The Labute approximate surface area is 82.8 Å². The maximum Gasteiger partial charge on any atom is 0.0745 e. The van der Waals surface area contributed by atoms with Gasteiger partial charge in [0.15, 0.2) is 0 Å². The van der Waals surface area contributed by atoms with Crippen LogP contribution in [0, 0.1) is 0 Å². The average molecular weight is 190 g/mol. The van der Waals surface area contributed by atoms with Gasteiger partial charge in [0.1, 0.15) is 0 Å². The van der Waals surface area contributed by atoms with E-state index in [0.717, 1.165) is 5.52 Å². The van der Waals surface area contributed by atoms with Crippen molar-refractivity contribution in [1.82, 2.24) is 4.98 Å². The number of aromatic amines is 1. The molecule has 0 amide bonds. The van der Waals surface area contributed by atoms with Crippen molar-refractivity contribution >= 4 is 10.9 Å². The van der Waals surface area contributed by atoms with Crippen molar-refractivity contribution in [3.05, 3.63) is 36.0 Å². The number of H-pyrrole nitrogens is 1. The third-order valence-electron chi connectivity index (χ3n) is 2.51. The van der Waals surface area contributed by atoms with Gasteiger partial charge < -0.3 is 9.82 Å². The van der Waals surface area contributed by atoms with E-state index in [2.05, 4.69) is 34.9 Å². The van der Waals surface area contributed by atoms with Crippen molar-refractivity contribution in [2.45, 2.75) is 12.8 Å². The van der Waals surface area contributed by atoms with Gasteiger partial charge >= 0.3 is 0 Å². The Hall–Kier alpha value is -1.32. The van der Waals surface area contributed by atoms with Gasteiger partial charge in [-0.2, -0.15) is 0 Å². The van der Waals surface area contributed by atoms with E-state index in [1.165, 1.54) is 10.9 Å². The Bertz CT molecular complexity index is 422. The number of fused-ring (bicyclic) bond motifs is 1. The number of nitrogens with two attached hydrogens (primary N) is 1. The molecule has 0 saturated heterocycles. The summed E-state index contributed by atoms with van der Waals surface area (Å²) in [4.78, 5) is 7.86. The van der Waals surface area contributed by atoms with Crippen molar-refractivity contribution in [2.24, 2.45) is 5.90 Å². The predicted octanol–water partition coefficient (Wildman–Crippen LogP) is 2.16.